The van der Waals surface area contributed by atoms with E-state index in [-0.39, 0.29) is 54.4 Å². The van der Waals surface area contributed by atoms with Crippen LogP contribution in [0.4, 0.5) is 0 Å². The van der Waals surface area contributed by atoms with Crippen LogP contribution in [-0.2, 0) is 38.1 Å². The van der Waals surface area contributed by atoms with E-state index in [2.05, 4.69) is 27.7 Å². The molecule has 422 valence electrons. The highest BCUT2D eigenvalue weighted by molar-refractivity contribution is 5.85. The van der Waals surface area contributed by atoms with Crippen molar-refractivity contribution < 1.29 is 53.4 Å². The van der Waals surface area contributed by atoms with E-state index in [0.29, 0.717) is 67.7 Å². The average Bonchev–Trinajstić information content (AvgIpc) is 4.11. The van der Waals surface area contributed by atoms with Gasteiger partial charge in [0, 0.05) is 77.9 Å². The number of rotatable bonds is 30. The number of unbranched alkanes of at least 4 members (excludes halogenated alkanes) is 8. The lowest BCUT2D eigenvalue weighted by Crippen LogP contribution is -2.40. The van der Waals surface area contributed by atoms with Gasteiger partial charge in [-0.1, -0.05) is 110 Å². The molecule has 12 heteroatoms. The molecule has 0 heterocycles. The van der Waals surface area contributed by atoms with Gasteiger partial charge < -0.3 is 39.2 Å². The molecular formula is C60H111NO11. The number of carbonyl (C=O) groups is 4. The zero-order valence-electron chi connectivity index (χ0n) is 48.0. The van der Waals surface area contributed by atoms with Gasteiger partial charge in [0.15, 0.2) is 5.79 Å². The number of ether oxygens (including phenoxy) is 4. The Hall–Kier alpha value is -2.38. The molecule has 4 saturated carbocycles. The summed E-state index contributed by atoms with van der Waals surface area (Å²) in [6.07, 6.45) is 29.9. The van der Waals surface area contributed by atoms with Crippen molar-refractivity contribution in [2.24, 2.45) is 47.3 Å². The van der Waals surface area contributed by atoms with E-state index in [1.54, 1.807) is 14.2 Å². The molecule has 0 aromatic heterocycles. The number of ketones is 1. The van der Waals surface area contributed by atoms with Crippen LogP contribution in [0.5, 0.6) is 0 Å². The normalized spacial score (nSPS) is 26.1. The van der Waals surface area contributed by atoms with E-state index in [0.717, 1.165) is 115 Å². The maximum Gasteiger partial charge on any atom is 0.306 e. The maximum atomic E-state index is 12.2. The van der Waals surface area contributed by atoms with Gasteiger partial charge in [-0.05, 0) is 140 Å². The molecule has 4 rings (SSSR count). The Morgan fingerprint density at radius 2 is 1.12 bits per heavy atom. The average molecular weight is 1020 g/mol. The summed E-state index contributed by atoms with van der Waals surface area (Å²) in [5.41, 5.74) is 1.16. The topological polar surface area (TPSA) is 169 Å². The summed E-state index contributed by atoms with van der Waals surface area (Å²) in [6.45, 7) is 19.0. The van der Waals surface area contributed by atoms with E-state index in [1.165, 1.54) is 64.9 Å². The molecule has 3 N–H and O–H groups in total. The van der Waals surface area contributed by atoms with Crippen molar-refractivity contribution in [2.75, 3.05) is 47.6 Å². The van der Waals surface area contributed by atoms with Gasteiger partial charge in [0.1, 0.15) is 12.4 Å². The predicted octanol–water partition coefficient (Wildman–Crippen LogP) is 12.8. The number of esters is 2. The molecule has 4 aliphatic carbocycles. The van der Waals surface area contributed by atoms with Crippen LogP contribution >= 0.6 is 0 Å². The first-order valence-corrected chi connectivity index (χ1v) is 29.3. The molecule has 0 aliphatic heterocycles. The Morgan fingerprint density at radius 1 is 0.611 bits per heavy atom. The number of amides is 1. The van der Waals surface area contributed by atoms with Crippen LogP contribution in [0.25, 0.3) is 0 Å². The monoisotopic (exact) mass is 1020 g/mol. The molecule has 4 aliphatic rings. The zero-order chi connectivity index (χ0) is 53.9. The number of nitrogens with zero attached hydrogens (tertiary/aromatic N) is 1. The molecule has 0 aromatic rings. The van der Waals surface area contributed by atoms with Crippen LogP contribution in [0.3, 0.4) is 0 Å². The second-order valence-corrected chi connectivity index (χ2v) is 21.8. The smallest absolute Gasteiger partial charge is 0.306 e. The van der Waals surface area contributed by atoms with Crippen LogP contribution < -0.4 is 0 Å². The molecule has 12 nitrogen and oxygen atoms in total. The summed E-state index contributed by atoms with van der Waals surface area (Å²) < 4.78 is 21.4. The zero-order valence-corrected chi connectivity index (χ0v) is 48.0. The molecule has 0 radical (unpaired) electrons. The Morgan fingerprint density at radius 3 is 1.62 bits per heavy atom. The quantitative estimate of drug-likeness (QED) is 0.0271. The van der Waals surface area contributed by atoms with Crippen molar-refractivity contribution >= 4 is 23.6 Å². The third kappa shape index (κ3) is 25.0. The van der Waals surface area contributed by atoms with Gasteiger partial charge in [-0.3, -0.25) is 19.2 Å². The lowest BCUT2D eigenvalue weighted by Gasteiger charge is -2.35. The van der Waals surface area contributed by atoms with E-state index >= 15 is 0 Å². The van der Waals surface area contributed by atoms with Crippen molar-refractivity contribution in [3.8, 4) is 0 Å². The minimum Gasteiger partial charge on any atom is -0.469 e. The summed E-state index contributed by atoms with van der Waals surface area (Å²) in [5.74, 6) is 2.56. The molecule has 4 fully saturated rings. The van der Waals surface area contributed by atoms with Crippen molar-refractivity contribution in [1.82, 2.24) is 4.90 Å². The first kappa shape index (κ1) is 67.6. The highest BCUT2D eigenvalue weighted by atomic mass is 16.7. The second-order valence-electron chi connectivity index (χ2n) is 21.8. The summed E-state index contributed by atoms with van der Waals surface area (Å²) >= 11 is 0. The molecule has 0 bridgehead atoms. The molecule has 10 atom stereocenters. The number of Topliss-reactive ketones (excluding diaryl/α,β-unsaturated/α-hetero) is 1. The number of methoxy groups -OCH3 is 3. The van der Waals surface area contributed by atoms with Crippen LogP contribution in [0.2, 0.25) is 0 Å². The number of hydrogen-bond acceptors (Lipinski definition) is 11. The van der Waals surface area contributed by atoms with Crippen molar-refractivity contribution in [3.05, 3.63) is 11.6 Å². The van der Waals surface area contributed by atoms with Gasteiger partial charge in [0.05, 0.1) is 19.3 Å². The van der Waals surface area contributed by atoms with Crippen LogP contribution in [0, 0.1) is 47.3 Å². The number of aliphatic hydroxyl groups excluding tert-OH is 3. The second kappa shape index (κ2) is 40.0. The Balaban J connectivity index is 0.000000483. The van der Waals surface area contributed by atoms with Gasteiger partial charge in [0.2, 0.25) is 5.91 Å². The van der Waals surface area contributed by atoms with Crippen LogP contribution in [0.15, 0.2) is 11.6 Å². The standard InChI is InChI=1S/C17H30O3.C16H29NO2.C15H28O4.C12H24O2/c1-4-5-6-7-15-14(8-9-16(15)18)12-17(19)20-11-10-13(2)3;1-4-7-8-9-14-13(10-11-15(14)18)12-16(19)17(5-2)6-3;1-5-6-7-8-13-12(11-14(16)17-2)9-10-15(13,18-3)19-4;1-2-3-4-5-11-10(8-9-13)6-7-12(11)14/h10,14-16,18H,4-9,11-12H2,1-3H3;13-14H,4-12H2,1-3H3;12-13H,5-11H2,1-4H3;10-14H,2-9H2,1H3. The molecule has 0 saturated heterocycles. The van der Waals surface area contributed by atoms with E-state index in [4.69, 9.17) is 24.1 Å². The molecule has 72 heavy (non-hydrogen) atoms. The van der Waals surface area contributed by atoms with E-state index < -0.39 is 5.79 Å². The molecule has 0 spiro atoms. The molecule has 1 amide bonds. The lowest BCUT2D eigenvalue weighted by molar-refractivity contribution is -0.233. The fourth-order valence-electron chi connectivity index (χ4n) is 12.2. The number of hydrogen-bond donors (Lipinski definition) is 3. The summed E-state index contributed by atoms with van der Waals surface area (Å²) in [4.78, 5) is 49.3. The number of carbonyl (C=O) groups excluding carboxylic acids is 4. The fraction of sp³-hybridized carbons (Fsp3) is 0.900. The van der Waals surface area contributed by atoms with E-state index in [1.807, 2.05) is 38.7 Å². The van der Waals surface area contributed by atoms with Gasteiger partial charge in [-0.2, -0.15) is 0 Å². The van der Waals surface area contributed by atoms with Gasteiger partial charge in [-0.25, -0.2) is 0 Å². The van der Waals surface area contributed by atoms with Crippen molar-refractivity contribution in [3.63, 3.8) is 0 Å². The maximum absolute atomic E-state index is 12.2. The summed E-state index contributed by atoms with van der Waals surface area (Å²) in [5, 5.41) is 28.8. The van der Waals surface area contributed by atoms with Crippen LogP contribution in [-0.4, -0.2) is 109 Å². The third-order valence-corrected chi connectivity index (χ3v) is 16.7. The fourth-order valence-corrected chi connectivity index (χ4v) is 12.2. The summed E-state index contributed by atoms with van der Waals surface area (Å²) in [7, 11) is 4.86. The highest BCUT2D eigenvalue weighted by Gasteiger charge is 2.49. The predicted molar refractivity (Wildman–Crippen MR) is 291 cm³/mol. The van der Waals surface area contributed by atoms with E-state index in [9.17, 15) is 29.4 Å². The first-order valence-electron chi connectivity index (χ1n) is 29.3. The van der Waals surface area contributed by atoms with Gasteiger partial charge in [-0.15, -0.1) is 0 Å². The number of allylic oxidation sites excluding steroid dienone is 1. The first-order chi connectivity index (χ1) is 34.6. The van der Waals surface area contributed by atoms with Crippen LogP contribution in [0.1, 0.15) is 235 Å². The van der Waals surface area contributed by atoms with Gasteiger partial charge >= 0.3 is 11.9 Å². The molecular weight excluding hydrogens is 911 g/mol. The van der Waals surface area contributed by atoms with Crippen molar-refractivity contribution in [1.29, 1.82) is 0 Å². The largest absolute Gasteiger partial charge is 0.469 e. The minimum atomic E-state index is -0.508. The van der Waals surface area contributed by atoms with Crippen molar-refractivity contribution in [2.45, 2.75) is 253 Å². The molecule has 0 aromatic carbocycles. The Labute approximate surface area is 440 Å². The summed E-state index contributed by atoms with van der Waals surface area (Å²) in [6, 6.07) is 0. The minimum absolute atomic E-state index is 0.0941. The van der Waals surface area contributed by atoms with Gasteiger partial charge in [0.25, 0.3) is 0 Å². The number of aliphatic hydroxyl groups is 3. The lowest BCUT2D eigenvalue weighted by atomic mass is 9.85. The Bertz CT molecular complexity index is 1460. The highest BCUT2D eigenvalue weighted by Crippen LogP contribution is 2.47. The Kier molecular flexibility index (Phi) is 37.5. The SMILES string of the molecule is CCCCCC1C(=O)CCC1CC(=O)N(CC)CC.CCCCCC1C(CC(=O)OC)CCC1(OC)OC.CCCCCC1C(O)CCC1CC(=O)OCC=C(C)C.CCCCCC1C(O)CCC1CCO. The third-order valence-electron chi connectivity index (χ3n) is 16.7. The molecule has 10 unspecified atom stereocenters.